The van der Waals surface area contributed by atoms with E-state index in [4.69, 9.17) is 4.74 Å². The number of hydrogen-bond donors (Lipinski definition) is 0. The molecule has 1 aliphatic carbocycles. The molecule has 110 valence electrons. The number of hydrogen-bond acceptors (Lipinski definition) is 4. The summed E-state index contributed by atoms with van der Waals surface area (Å²) in [4.78, 5) is 12.0. The number of aromatic nitrogens is 3. The molecule has 0 unspecified atom stereocenters. The van der Waals surface area contributed by atoms with Crippen LogP contribution in [0.5, 0.6) is 0 Å². The van der Waals surface area contributed by atoms with Crippen molar-refractivity contribution < 1.29 is 9.53 Å². The van der Waals surface area contributed by atoms with E-state index < -0.39 is 0 Å². The summed E-state index contributed by atoms with van der Waals surface area (Å²) in [6.45, 7) is 0.602. The first-order valence-corrected chi connectivity index (χ1v) is 7.46. The van der Waals surface area contributed by atoms with E-state index in [1.807, 2.05) is 30.3 Å². The molecule has 1 aliphatic rings. The average Bonchev–Trinajstić information content (AvgIpc) is 2.98. The van der Waals surface area contributed by atoms with Crippen LogP contribution in [0.2, 0.25) is 0 Å². The average molecular weight is 285 g/mol. The lowest BCUT2D eigenvalue weighted by Gasteiger charge is -2.21. The highest BCUT2D eigenvalue weighted by atomic mass is 16.5. The molecule has 0 spiro atoms. The van der Waals surface area contributed by atoms with Crippen LogP contribution in [-0.2, 0) is 11.3 Å². The maximum atomic E-state index is 12.0. The van der Waals surface area contributed by atoms with Crippen molar-refractivity contribution in [2.75, 3.05) is 0 Å². The minimum absolute atomic E-state index is 0.0468. The number of benzene rings is 1. The van der Waals surface area contributed by atoms with Crippen molar-refractivity contribution in [3.05, 3.63) is 47.8 Å². The molecule has 5 heteroatoms. The first kappa shape index (κ1) is 13.8. The van der Waals surface area contributed by atoms with Gasteiger partial charge in [-0.25, -0.2) is 9.48 Å². The molecule has 1 fully saturated rings. The van der Waals surface area contributed by atoms with E-state index in [0.29, 0.717) is 6.54 Å². The molecule has 1 saturated carbocycles. The van der Waals surface area contributed by atoms with Gasteiger partial charge >= 0.3 is 5.97 Å². The summed E-state index contributed by atoms with van der Waals surface area (Å²) in [7, 11) is 0. The second-order valence-electron chi connectivity index (χ2n) is 5.45. The summed E-state index contributed by atoms with van der Waals surface area (Å²) in [6.07, 6.45) is 7.13. The van der Waals surface area contributed by atoms with Gasteiger partial charge in [0.25, 0.3) is 0 Å². The number of nitrogens with zero attached hydrogens (tertiary/aromatic N) is 3. The van der Waals surface area contributed by atoms with Gasteiger partial charge in [0.15, 0.2) is 5.69 Å². The van der Waals surface area contributed by atoms with Gasteiger partial charge in [-0.1, -0.05) is 42.0 Å². The Morgan fingerprint density at radius 2 is 1.95 bits per heavy atom. The zero-order chi connectivity index (χ0) is 14.5. The van der Waals surface area contributed by atoms with Crippen molar-refractivity contribution in [2.45, 2.75) is 44.8 Å². The third-order valence-corrected chi connectivity index (χ3v) is 3.76. The van der Waals surface area contributed by atoms with Crippen molar-refractivity contribution in [1.82, 2.24) is 15.0 Å². The van der Waals surface area contributed by atoms with Crippen LogP contribution >= 0.6 is 0 Å². The lowest BCUT2D eigenvalue weighted by molar-refractivity contribution is 0.0204. The molecule has 0 atom stereocenters. The predicted molar refractivity (Wildman–Crippen MR) is 77.9 cm³/mol. The molecule has 0 bridgehead atoms. The topological polar surface area (TPSA) is 57.0 Å². The third kappa shape index (κ3) is 3.68. The largest absolute Gasteiger partial charge is 0.458 e. The van der Waals surface area contributed by atoms with E-state index >= 15 is 0 Å². The van der Waals surface area contributed by atoms with Crippen molar-refractivity contribution in [3.8, 4) is 0 Å². The second kappa shape index (κ2) is 6.52. The van der Waals surface area contributed by atoms with Crippen molar-refractivity contribution >= 4 is 5.97 Å². The van der Waals surface area contributed by atoms with Crippen LogP contribution in [-0.4, -0.2) is 27.1 Å². The Balaban J connectivity index is 1.60. The van der Waals surface area contributed by atoms with Crippen LogP contribution in [0.1, 0.15) is 48.2 Å². The van der Waals surface area contributed by atoms with Gasteiger partial charge in [0, 0.05) is 0 Å². The molecule has 5 nitrogen and oxygen atoms in total. The Hall–Kier alpha value is -2.17. The SMILES string of the molecule is O=C(OC1CCCCC1)c1cn(Cc2ccccc2)nn1. The van der Waals surface area contributed by atoms with Gasteiger partial charge in [-0.05, 0) is 31.2 Å². The summed E-state index contributed by atoms with van der Waals surface area (Å²) in [5.41, 5.74) is 1.41. The van der Waals surface area contributed by atoms with Gasteiger partial charge in [-0.15, -0.1) is 5.10 Å². The summed E-state index contributed by atoms with van der Waals surface area (Å²) in [5, 5.41) is 7.91. The quantitative estimate of drug-likeness (QED) is 0.811. The van der Waals surface area contributed by atoms with Crippen LogP contribution < -0.4 is 0 Å². The minimum Gasteiger partial charge on any atom is -0.458 e. The first-order valence-electron chi connectivity index (χ1n) is 7.46. The Labute approximate surface area is 123 Å². The molecule has 1 aromatic carbocycles. The van der Waals surface area contributed by atoms with Crippen molar-refractivity contribution in [2.24, 2.45) is 0 Å². The Kier molecular flexibility index (Phi) is 4.28. The molecule has 2 aromatic rings. The van der Waals surface area contributed by atoms with Gasteiger partial charge in [-0.2, -0.15) is 0 Å². The van der Waals surface area contributed by atoms with E-state index in [9.17, 15) is 4.79 Å². The number of carbonyl (C=O) groups excluding carboxylic acids is 1. The van der Waals surface area contributed by atoms with E-state index in [0.717, 1.165) is 31.2 Å². The Morgan fingerprint density at radius 3 is 2.71 bits per heavy atom. The standard InChI is InChI=1S/C16H19N3O2/c20-16(21-14-9-5-2-6-10-14)15-12-19(18-17-15)11-13-7-3-1-4-8-13/h1,3-4,7-8,12,14H,2,5-6,9-11H2. The monoisotopic (exact) mass is 285 g/mol. The van der Waals surface area contributed by atoms with Gasteiger partial charge in [0.2, 0.25) is 0 Å². The maximum Gasteiger partial charge on any atom is 0.360 e. The van der Waals surface area contributed by atoms with Crippen LogP contribution in [0.3, 0.4) is 0 Å². The number of rotatable bonds is 4. The van der Waals surface area contributed by atoms with E-state index in [2.05, 4.69) is 10.3 Å². The molecule has 21 heavy (non-hydrogen) atoms. The molecular formula is C16H19N3O2. The number of ether oxygens (including phenoxy) is 1. The van der Waals surface area contributed by atoms with Crippen molar-refractivity contribution in [3.63, 3.8) is 0 Å². The molecule has 0 amide bonds. The normalized spacial score (nSPS) is 15.8. The predicted octanol–water partition coefficient (Wildman–Crippen LogP) is 2.82. The van der Waals surface area contributed by atoms with Crippen LogP contribution in [0, 0.1) is 0 Å². The van der Waals surface area contributed by atoms with Crippen molar-refractivity contribution in [1.29, 1.82) is 0 Å². The van der Waals surface area contributed by atoms with Gasteiger partial charge < -0.3 is 4.74 Å². The molecule has 0 saturated heterocycles. The summed E-state index contributed by atoms with van der Waals surface area (Å²) in [6, 6.07) is 9.95. The Morgan fingerprint density at radius 1 is 1.19 bits per heavy atom. The maximum absolute atomic E-state index is 12.0. The highest BCUT2D eigenvalue weighted by molar-refractivity contribution is 5.86. The first-order chi connectivity index (χ1) is 10.3. The highest BCUT2D eigenvalue weighted by Crippen LogP contribution is 2.21. The highest BCUT2D eigenvalue weighted by Gasteiger charge is 2.20. The summed E-state index contributed by atoms with van der Waals surface area (Å²) >= 11 is 0. The molecule has 1 heterocycles. The van der Waals surface area contributed by atoms with Gasteiger partial charge in [-0.3, -0.25) is 0 Å². The summed E-state index contributed by atoms with van der Waals surface area (Å²) in [5.74, 6) is -0.360. The van der Waals surface area contributed by atoms with Crippen LogP contribution in [0.4, 0.5) is 0 Å². The smallest absolute Gasteiger partial charge is 0.360 e. The second-order valence-corrected chi connectivity index (χ2v) is 5.45. The molecule has 0 N–H and O–H groups in total. The number of carbonyl (C=O) groups is 1. The van der Waals surface area contributed by atoms with Gasteiger partial charge in [0.1, 0.15) is 6.10 Å². The van der Waals surface area contributed by atoms with E-state index in [1.165, 1.54) is 6.42 Å². The van der Waals surface area contributed by atoms with Crippen LogP contribution in [0.15, 0.2) is 36.5 Å². The molecule has 0 radical (unpaired) electrons. The van der Waals surface area contributed by atoms with Gasteiger partial charge in [0.05, 0.1) is 12.7 Å². The lowest BCUT2D eigenvalue weighted by Crippen LogP contribution is -2.21. The lowest BCUT2D eigenvalue weighted by atomic mass is 9.98. The van der Waals surface area contributed by atoms with E-state index in [-0.39, 0.29) is 17.8 Å². The molecule has 1 aromatic heterocycles. The fourth-order valence-corrected chi connectivity index (χ4v) is 2.63. The fourth-order valence-electron chi connectivity index (χ4n) is 2.63. The fraction of sp³-hybridized carbons (Fsp3) is 0.438. The molecule has 0 aliphatic heterocycles. The van der Waals surface area contributed by atoms with Crippen LogP contribution in [0.25, 0.3) is 0 Å². The molecule has 3 rings (SSSR count). The zero-order valence-electron chi connectivity index (χ0n) is 11.9. The van der Waals surface area contributed by atoms with E-state index in [1.54, 1.807) is 10.9 Å². The summed E-state index contributed by atoms with van der Waals surface area (Å²) < 4.78 is 7.15. The molecular weight excluding hydrogens is 266 g/mol. The Bertz CT molecular complexity index is 589. The third-order valence-electron chi connectivity index (χ3n) is 3.76. The minimum atomic E-state index is -0.360. The number of esters is 1. The zero-order valence-corrected chi connectivity index (χ0v) is 11.9.